The Morgan fingerprint density at radius 2 is 1.95 bits per heavy atom. The van der Waals surface area contributed by atoms with E-state index in [4.69, 9.17) is 4.74 Å². The van der Waals surface area contributed by atoms with Crippen molar-refractivity contribution in [1.82, 2.24) is 0 Å². The van der Waals surface area contributed by atoms with Gasteiger partial charge < -0.3 is 10.1 Å². The van der Waals surface area contributed by atoms with Crippen LogP contribution in [0.4, 0.5) is 5.00 Å². The molecule has 1 aliphatic rings. The van der Waals surface area contributed by atoms with Crippen LogP contribution in [0.25, 0.3) is 0 Å². The third-order valence-electron chi connectivity index (χ3n) is 3.22. The zero-order valence-electron chi connectivity index (χ0n) is 11.8. The molecule has 1 aromatic rings. The first kappa shape index (κ1) is 14.1. The van der Waals surface area contributed by atoms with E-state index >= 15 is 0 Å². The highest BCUT2D eigenvalue weighted by atomic mass is 32.1. The molecule has 1 aliphatic carbocycles. The molecule has 2 rings (SSSR count). The Bertz CT molecular complexity index is 526. The van der Waals surface area contributed by atoms with E-state index in [9.17, 15) is 9.59 Å². The van der Waals surface area contributed by atoms with E-state index in [2.05, 4.69) is 5.32 Å². The monoisotopic (exact) mass is 281 g/mol. The molecule has 5 heteroatoms. The number of anilines is 1. The van der Waals surface area contributed by atoms with Crippen LogP contribution in [-0.2, 0) is 22.4 Å². The molecule has 104 valence electrons. The molecule has 0 saturated carbocycles. The summed E-state index contributed by atoms with van der Waals surface area (Å²) in [5.74, 6) is -0.443. The lowest BCUT2D eigenvalue weighted by Gasteiger charge is -2.17. The van der Waals surface area contributed by atoms with Crippen LogP contribution in [0.3, 0.4) is 0 Å². The summed E-state index contributed by atoms with van der Waals surface area (Å²) in [4.78, 5) is 25.2. The number of thiophene rings is 1. The van der Waals surface area contributed by atoms with Crippen LogP contribution in [0, 0.1) is 5.41 Å². The second-order valence-corrected chi connectivity index (χ2v) is 6.86. The molecule has 1 aromatic heterocycles. The van der Waals surface area contributed by atoms with Gasteiger partial charge in [0.25, 0.3) is 0 Å². The summed E-state index contributed by atoms with van der Waals surface area (Å²) >= 11 is 1.50. The predicted octanol–water partition coefficient (Wildman–Crippen LogP) is 3.01. The van der Waals surface area contributed by atoms with E-state index in [1.807, 2.05) is 20.8 Å². The van der Waals surface area contributed by atoms with Crippen LogP contribution in [-0.4, -0.2) is 19.0 Å². The number of aryl methyl sites for hydroxylation is 1. The largest absolute Gasteiger partial charge is 0.465 e. The fraction of sp³-hybridized carbons (Fsp3) is 0.571. The summed E-state index contributed by atoms with van der Waals surface area (Å²) in [6, 6.07) is 0. The average molecular weight is 281 g/mol. The summed E-state index contributed by atoms with van der Waals surface area (Å²) in [7, 11) is 1.37. The van der Waals surface area contributed by atoms with Gasteiger partial charge in [-0.3, -0.25) is 4.79 Å². The number of nitrogens with one attached hydrogen (secondary N) is 1. The van der Waals surface area contributed by atoms with Crippen LogP contribution in [0.5, 0.6) is 0 Å². The van der Waals surface area contributed by atoms with Crippen LogP contribution in [0.2, 0.25) is 0 Å². The summed E-state index contributed by atoms with van der Waals surface area (Å²) in [5.41, 5.74) is 1.13. The molecule has 19 heavy (non-hydrogen) atoms. The van der Waals surface area contributed by atoms with Gasteiger partial charge in [0.05, 0.1) is 12.7 Å². The number of methoxy groups -OCH3 is 1. The Hall–Kier alpha value is -1.36. The third kappa shape index (κ3) is 2.66. The van der Waals surface area contributed by atoms with Crippen molar-refractivity contribution in [1.29, 1.82) is 0 Å². The van der Waals surface area contributed by atoms with Crippen molar-refractivity contribution < 1.29 is 14.3 Å². The molecule has 0 unspecified atom stereocenters. The van der Waals surface area contributed by atoms with Crippen LogP contribution in [0.1, 0.15) is 48.0 Å². The number of ether oxygens (including phenoxy) is 1. The minimum atomic E-state index is -0.484. The highest BCUT2D eigenvalue weighted by molar-refractivity contribution is 7.17. The second kappa shape index (κ2) is 4.96. The molecule has 0 aliphatic heterocycles. The summed E-state index contributed by atoms with van der Waals surface area (Å²) < 4.78 is 4.84. The topological polar surface area (TPSA) is 55.4 Å². The molecule has 0 saturated heterocycles. The number of fused-ring (bicyclic) bond motifs is 1. The average Bonchev–Trinajstić information content (AvgIpc) is 2.86. The minimum absolute atomic E-state index is 0.0856. The van der Waals surface area contributed by atoms with Crippen molar-refractivity contribution in [3.8, 4) is 0 Å². The lowest BCUT2D eigenvalue weighted by atomic mass is 9.96. The van der Waals surface area contributed by atoms with Gasteiger partial charge in [0.2, 0.25) is 5.91 Å². The van der Waals surface area contributed by atoms with Gasteiger partial charge in [0, 0.05) is 10.3 Å². The third-order valence-corrected chi connectivity index (χ3v) is 4.43. The Morgan fingerprint density at radius 3 is 2.53 bits per heavy atom. The molecule has 0 bridgehead atoms. The van der Waals surface area contributed by atoms with Gasteiger partial charge in [-0.25, -0.2) is 4.79 Å². The van der Waals surface area contributed by atoms with Gasteiger partial charge in [-0.05, 0) is 24.8 Å². The number of amides is 1. The highest BCUT2D eigenvalue weighted by Crippen LogP contribution is 2.39. The molecule has 1 amide bonds. The standard InChI is InChI=1S/C14H19NO3S/c1-14(2,3)13(17)15-11-10(12(16)18-4)8-6-5-7-9(8)19-11/h5-7H2,1-4H3,(H,15,17). The predicted molar refractivity (Wildman–Crippen MR) is 75.8 cm³/mol. The summed E-state index contributed by atoms with van der Waals surface area (Å²) in [6.07, 6.45) is 2.94. The Morgan fingerprint density at radius 1 is 1.26 bits per heavy atom. The molecule has 0 radical (unpaired) electrons. The smallest absolute Gasteiger partial charge is 0.341 e. The van der Waals surface area contributed by atoms with Crippen LogP contribution >= 0.6 is 11.3 Å². The van der Waals surface area contributed by atoms with Gasteiger partial charge in [0.1, 0.15) is 5.00 Å². The van der Waals surface area contributed by atoms with Gasteiger partial charge in [-0.2, -0.15) is 0 Å². The normalized spacial score (nSPS) is 14.1. The molecule has 1 heterocycles. The molecule has 0 fully saturated rings. The van der Waals surface area contributed by atoms with E-state index in [1.54, 1.807) is 0 Å². The molecule has 0 spiro atoms. The lowest BCUT2D eigenvalue weighted by molar-refractivity contribution is -0.123. The van der Waals surface area contributed by atoms with Crippen molar-refractivity contribution in [2.75, 3.05) is 12.4 Å². The van der Waals surface area contributed by atoms with Crippen molar-refractivity contribution in [3.63, 3.8) is 0 Å². The molecular formula is C14H19NO3S. The quantitative estimate of drug-likeness (QED) is 0.848. The fourth-order valence-corrected chi connectivity index (χ4v) is 3.37. The Kier molecular flexibility index (Phi) is 3.67. The second-order valence-electron chi connectivity index (χ2n) is 5.76. The maximum Gasteiger partial charge on any atom is 0.341 e. The summed E-state index contributed by atoms with van der Waals surface area (Å²) in [6.45, 7) is 5.55. The molecule has 0 aromatic carbocycles. The van der Waals surface area contributed by atoms with Gasteiger partial charge in [0.15, 0.2) is 0 Å². The number of esters is 1. The van der Waals surface area contributed by atoms with E-state index < -0.39 is 5.41 Å². The van der Waals surface area contributed by atoms with Crippen LogP contribution < -0.4 is 5.32 Å². The van der Waals surface area contributed by atoms with Crippen LogP contribution in [0.15, 0.2) is 0 Å². The minimum Gasteiger partial charge on any atom is -0.465 e. The molecular weight excluding hydrogens is 262 g/mol. The zero-order valence-corrected chi connectivity index (χ0v) is 12.6. The first-order valence-electron chi connectivity index (χ1n) is 6.39. The number of carbonyl (C=O) groups excluding carboxylic acids is 2. The first-order chi connectivity index (χ1) is 8.84. The summed E-state index contributed by atoms with van der Waals surface area (Å²) in [5, 5.41) is 3.51. The molecule has 1 N–H and O–H groups in total. The van der Waals surface area contributed by atoms with Gasteiger partial charge >= 0.3 is 5.97 Å². The molecule has 4 nitrogen and oxygen atoms in total. The number of hydrogen-bond donors (Lipinski definition) is 1. The number of carbonyl (C=O) groups is 2. The van der Waals surface area contributed by atoms with Crippen molar-refractivity contribution in [3.05, 3.63) is 16.0 Å². The van der Waals surface area contributed by atoms with E-state index in [-0.39, 0.29) is 11.9 Å². The van der Waals surface area contributed by atoms with Crippen molar-refractivity contribution >= 4 is 28.2 Å². The Labute approximate surface area is 117 Å². The maximum atomic E-state index is 12.1. The highest BCUT2D eigenvalue weighted by Gasteiger charge is 2.30. The lowest BCUT2D eigenvalue weighted by Crippen LogP contribution is -2.28. The number of rotatable bonds is 2. The van der Waals surface area contributed by atoms with E-state index in [1.165, 1.54) is 23.3 Å². The fourth-order valence-electron chi connectivity index (χ4n) is 2.10. The van der Waals surface area contributed by atoms with Gasteiger partial charge in [-0.1, -0.05) is 20.8 Å². The van der Waals surface area contributed by atoms with Gasteiger partial charge in [-0.15, -0.1) is 11.3 Å². The number of hydrogen-bond acceptors (Lipinski definition) is 4. The maximum absolute atomic E-state index is 12.1. The van der Waals surface area contributed by atoms with E-state index in [0.717, 1.165) is 24.8 Å². The van der Waals surface area contributed by atoms with E-state index in [0.29, 0.717) is 10.6 Å². The van der Waals surface area contributed by atoms with Crippen molar-refractivity contribution in [2.45, 2.75) is 40.0 Å². The first-order valence-corrected chi connectivity index (χ1v) is 7.20. The Balaban J connectivity index is 2.36. The zero-order chi connectivity index (χ0) is 14.2. The van der Waals surface area contributed by atoms with Crippen molar-refractivity contribution in [2.24, 2.45) is 5.41 Å². The molecule has 0 atom stereocenters. The SMILES string of the molecule is COC(=O)c1c(NC(=O)C(C)(C)C)sc2c1CCC2.